The molecule has 0 aliphatic carbocycles. The highest BCUT2D eigenvalue weighted by atomic mass is 16.4. The van der Waals surface area contributed by atoms with Gasteiger partial charge in [-0.15, -0.1) is 0 Å². The predicted octanol–water partition coefficient (Wildman–Crippen LogP) is 0.960. The van der Waals surface area contributed by atoms with Gasteiger partial charge in [0, 0.05) is 12.1 Å². The highest BCUT2D eigenvalue weighted by Crippen LogP contribution is 2.12. The van der Waals surface area contributed by atoms with Gasteiger partial charge in [-0.1, -0.05) is 0 Å². The highest BCUT2D eigenvalue weighted by molar-refractivity contribution is 5.72. The SMILES string of the molecule is CC(C)n1nccc1NCC(=O)O. The molecule has 0 saturated heterocycles. The maximum absolute atomic E-state index is 10.3. The average molecular weight is 183 g/mol. The molecule has 0 bridgehead atoms. The molecule has 5 heteroatoms. The van der Waals surface area contributed by atoms with E-state index in [4.69, 9.17) is 5.11 Å². The quantitative estimate of drug-likeness (QED) is 0.729. The van der Waals surface area contributed by atoms with Gasteiger partial charge < -0.3 is 10.4 Å². The molecule has 1 aromatic heterocycles. The molecule has 1 aromatic rings. The number of anilines is 1. The van der Waals surface area contributed by atoms with Crippen molar-refractivity contribution in [2.24, 2.45) is 0 Å². The molecule has 0 aliphatic heterocycles. The molecular weight excluding hydrogens is 170 g/mol. The first-order valence-corrected chi connectivity index (χ1v) is 4.10. The molecular formula is C8H13N3O2. The van der Waals surface area contributed by atoms with Crippen molar-refractivity contribution in [1.82, 2.24) is 9.78 Å². The zero-order valence-corrected chi connectivity index (χ0v) is 7.69. The van der Waals surface area contributed by atoms with Gasteiger partial charge in [0.15, 0.2) is 0 Å². The molecule has 5 nitrogen and oxygen atoms in total. The number of nitrogens with zero attached hydrogens (tertiary/aromatic N) is 2. The Hall–Kier alpha value is -1.52. The number of nitrogens with one attached hydrogen (secondary N) is 1. The summed E-state index contributed by atoms with van der Waals surface area (Å²) in [4.78, 5) is 10.3. The molecule has 0 spiro atoms. The summed E-state index contributed by atoms with van der Waals surface area (Å²) < 4.78 is 1.74. The van der Waals surface area contributed by atoms with Crippen LogP contribution in [-0.4, -0.2) is 27.4 Å². The fraction of sp³-hybridized carbons (Fsp3) is 0.500. The minimum absolute atomic E-state index is 0.0849. The third-order valence-corrected chi connectivity index (χ3v) is 1.58. The normalized spacial score (nSPS) is 10.4. The molecule has 13 heavy (non-hydrogen) atoms. The van der Waals surface area contributed by atoms with Crippen LogP contribution in [0.4, 0.5) is 5.82 Å². The molecule has 0 aromatic carbocycles. The standard InChI is InChI=1S/C8H13N3O2/c1-6(2)11-7(3-4-10-11)9-5-8(12)13/h3-4,6,9H,5H2,1-2H3,(H,12,13). The topological polar surface area (TPSA) is 67.2 Å². The van der Waals surface area contributed by atoms with Crippen molar-refractivity contribution in [2.45, 2.75) is 19.9 Å². The molecule has 0 aliphatic rings. The summed E-state index contributed by atoms with van der Waals surface area (Å²) in [6, 6.07) is 1.98. The lowest BCUT2D eigenvalue weighted by Gasteiger charge is -2.10. The van der Waals surface area contributed by atoms with Crippen molar-refractivity contribution in [3.8, 4) is 0 Å². The molecule has 72 valence electrons. The van der Waals surface area contributed by atoms with E-state index in [0.717, 1.165) is 5.82 Å². The maximum atomic E-state index is 10.3. The second kappa shape index (κ2) is 3.93. The molecule has 1 heterocycles. The number of carbonyl (C=O) groups is 1. The van der Waals surface area contributed by atoms with Crippen LogP contribution in [0.15, 0.2) is 12.3 Å². The van der Waals surface area contributed by atoms with Gasteiger partial charge >= 0.3 is 5.97 Å². The highest BCUT2D eigenvalue weighted by Gasteiger charge is 2.05. The largest absolute Gasteiger partial charge is 0.480 e. The number of hydrogen-bond acceptors (Lipinski definition) is 3. The number of aliphatic carboxylic acids is 1. The first-order chi connectivity index (χ1) is 6.11. The third kappa shape index (κ3) is 2.47. The van der Waals surface area contributed by atoms with E-state index >= 15 is 0 Å². The Morgan fingerprint density at radius 2 is 2.46 bits per heavy atom. The number of carboxylic acid groups (broad SMARTS) is 1. The number of carboxylic acids is 1. The number of aromatic nitrogens is 2. The van der Waals surface area contributed by atoms with Crippen molar-refractivity contribution in [1.29, 1.82) is 0 Å². The van der Waals surface area contributed by atoms with Gasteiger partial charge in [-0.25, -0.2) is 4.68 Å². The van der Waals surface area contributed by atoms with Crippen LogP contribution < -0.4 is 5.32 Å². The lowest BCUT2D eigenvalue weighted by Crippen LogP contribution is -2.16. The van der Waals surface area contributed by atoms with E-state index in [9.17, 15) is 4.79 Å². The van der Waals surface area contributed by atoms with Gasteiger partial charge in [0.25, 0.3) is 0 Å². The Morgan fingerprint density at radius 1 is 1.77 bits per heavy atom. The molecule has 0 amide bonds. The summed E-state index contributed by atoms with van der Waals surface area (Å²) in [5, 5.41) is 15.3. The van der Waals surface area contributed by atoms with Gasteiger partial charge in [0.05, 0.1) is 6.20 Å². The second-order valence-electron chi connectivity index (χ2n) is 3.00. The van der Waals surface area contributed by atoms with Gasteiger partial charge in [-0.3, -0.25) is 4.79 Å². The van der Waals surface area contributed by atoms with Crippen molar-refractivity contribution in [3.05, 3.63) is 12.3 Å². The second-order valence-corrected chi connectivity index (χ2v) is 3.00. The zero-order valence-electron chi connectivity index (χ0n) is 7.69. The maximum Gasteiger partial charge on any atom is 0.322 e. The molecule has 0 saturated carbocycles. The summed E-state index contributed by atoms with van der Waals surface area (Å²) in [5.74, 6) is -0.145. The van der Waals surface area contributed by atoms with Crippen LogP contribution in [0.25, 0.3) is 0 Å². The van der Waals surface area contributed by atoms with Crippen molar-refractivity contribution < 1.29 is 9.90 Å². The van der Waals surface area contributed by atoms with E-state index in [1.807, 2.05) is 13.8 Å². The van der Waals surface area contributed by atoms with Gasteiger partial charge in [0.1, 0.15) is 12.4 Å². The summed E-state index contributed by atoms with van der Waals surface area (Å²) in [7, 11) is 0. The smallest absolute Gasteiger partial charge is 0.322 e. The van der Waals surface area contributed by atoms with Crippen molar-refractivity contribution in [3.63, 3.8) is 0 Å². The van der Waals surface area contributed by atoms with E-state index in [-0.39, 0.29) is 12.6 Å². The van der Waals surface area contributed by atoms with Gasteiger partial charge in [0.2, 0.25) is 0 Å². The molecule has 0 radical (unpaired) electrons. The molecule has 2 N–H and O–H groups in total. The summed E-state index contributed by atoms with van der Waals surface area (Å²) in [6.45, 7) is 3.89. The fourth-order valence-corrected chi connectivity index (χ4v) is 1.03. The van der Waals surface area contributed by atoms with E-state index < -0.39 is 5.97 Å². The lowest BCUT2D eigenvalue weighted by molar-refractivity contribution is -0.134. The zero-order chi connectivity index (χ0) is 9.84. The van der Waals surface area contributed by atoms with Gasteiger partial charge in [-0.2, -0.15) is 5.10 Å². The van der Waals surface area contributed by atoms with E-state index in [1.165, 1.54) is 0 Å². The Labute approximate surface area is 76.4 Å². The van der Waals surface area contributed by atoms with Crippen LogP contribution in [0.5, 0.6) is 0 Å². The van der Waals surface area contributed by atoms with Crippen LogP contribution >= 0.6 is 0 Å². The first-order valence-electron chi connectivity index (χ1n) is 4.10. The molecule has 0 unspecified atom stereocenters. The van der Waals surface area contributed by atoms with Crippen LogP contribution in [-0.2, 0) is 4.79 Å². The Bertz CT molecular complexity index is 293. The van der Waals surface area contributed by atoms with E-state index in [1.54, 1.807) is 16.9 Å². The average Bonchev–Trinajstić information content (AvgIpc) is 2.47. The minimum Gasteiger partial charge on any atom is -0.480 e. The first kappa shape index (κ1) is 9.57. The van der Waals surface area contributed by atoms with E-state index in [2.05, 4.69) is 10.4 Å². The predicted molar refractivity (Wildman–Crippen MR) is 48.7 cm³/mol. The Morgan fingerprint density at radius 3 is 3.00 bits per heavy atom. The minimum atomic E-state index is -0.878. The fourth-order valence-electron chi connectivity index (χ4n) is 1.03. The van der Waals surface area contributed by atoms with Crippen molar-refractivity contribution in [2.75, 3.05) is 11.9 Å². The monoisotopic (exact) mass is 183 g/mol. The summed E-state index contributed by atoms with van der Waals surface area (Å²) >= 11 is 0. The summed E-state index contributed by atoms with van der Waals surface area (Å²) in [6.07, 6.45) is 1.64. The lowest BCUT2D eigenvalue weighted by atomic mass is 10.4. The summed E-state index contributed by atoms with van der Waals surface area (Å²) in [5.41, 5.74) is 0. The Balaban J connectivity index is 2.65. The van der Waals surface area contributed by atoms with Crippen LogP contribution in [0.3, 0.4) is 0 Å². The van der Waals surface area contributed by atoms with Crippen LogP contribution in [0, 0.1) is 0 Å². The van der Waals surface area contributed by atoms with E-state index in [0.29, 0.717) is 0 Å². The van der Waals surface area contributed by atoms with Crippen LogP contribution in [0.2, 0.25) is 0 Å². The number of rotatable bonds is 4. The van der Waals surface area contributed by atoms with Crippen LogP contribution in [0.1, 0.15) is 19.9 Å². The third-order valence-electron chi connectivity index (χ3n) is 1.58. The molecule has 1 rings (SSSR count). The Kier molecular flexibility index (Phi) is 2.89. The molecule has 0 atom stereocenters. The number of hydrogen-bond donors (Lipinski definition) is 2. The van der Waals surface area contributed by atoms with Crippen molar-refractivity contribution >= 4 is 11.8 Å². The van der Waals surface area contributed by atoms with Gasteiger partial charge in [-0.05, 0) is 13.8 Å². The molecule has 0 fully saturated rings.